The van der Waals surface area contributed by atoms with Crippen molar-refractivity contribution in [3.63, 3.8) is 0 Å². The van der Waals surface area contributed by atoms with E-state index >= 15 is 0 Å². The molecule has 0 bridgehead atoms. The summed E-state index contributed by atoms with van der Waals surface area (Å²) < 4.78 is 5.07. The first kappa shape index (κ1) is 12.7. The lowest BCUT2D eigenvalue weighted by Crippen LogP contribution is -2.37. The number of benzene rings is 1. The van der Waals surface area contributed by atoms with Gasteiger partial charge < -0.3 is 16.2 Å². The van der Waals surface area contributed by atoms with Crippen LogP contribution in [0.4, 0.5) is 0 Å². The lowest BCUT2D eigenvalue weighted by atomic mass is 10.1. The molecule has 88 valence electrons. The van der Waals surface area contributed by atoms with E-state index in [0.29, 0.717) is 6.42 Å². The van der Waals surface area contributed by atoms with Crippen LogP contribution in [0.2, 0.25) is 0 Å². The van der Waals surface area contributed by atoms with Gasteiger partial charge >= 0.3 is 5.97 Å². The lowest BCUT2D eigenvalue weighted by Gasteiger charge is -2.13. The third-order valence-electron chi connectivity index (χ3n) is 2.15. The molecule has 0 aromatic heterocycles. The molecule has 16 heavy (non-hydrogen) atoms. The van der Waals surface area contributed by atoms with Crippen LogP contribution in [0, 0.1) is 0 Å². The van der Waals surface area contributed by atoms with Crippen LogP contribution in [-0.4, -0.2) is 18.1 Å². The second-order valence-electron chi connectivity index (χ2n) is 3.91. The molecule has 0 radical (unpaired) electrons. The zero-order valence-electron chi connectivity index (χ0n) is 9.43. The summed E-state index contributed by atoms with van der Waals surface area (Å²) in [5.41, 5.74) is 12.1. The van der Waals surface area contributed by atoms with Gasteiger partial charge in [0.05, 0.1) is 0 Å². The molecule has 0 aliphatic carbocycles. The minimum absolute atomic E-state index is 0.0979. The van der Waals surface area contributed by atoms with Crippen molar-refractivity contribution < 1.29 is 9.53 Å². The van der Waals surface area contributed by atoms with Gasteiger partial charge in [-0.05, 0) is 18.9 Å². The number of rotatable bonds is 5. The van der Waals surface area contributed by atoms with Crippen LogP contribution in [0.15, 0.2) is 30.3 Å². The van der Waals surface area contributed by atoms with Crippen molar-refractivity contribution in [1.82, 2.24) is 0 Å². The molecule has 0 unspecified atom stereocenters. The molecule has 1 rings (SSSR count). The number of ether oxygens (including phenoxy) is 1. The van der Waals surface area contributed by atoms with Crippen molar-refractivity contribution in [2.75, 3.05) is 0 Å². The zero-order valence-corrected chi connectivity index (χ0v) is 9.43. The number of hydrogen-bond donors (Lipinski definition) is 2. The molecular formula is C12H18N2O2. The van der Waals surface area contributed by atoms with Gasteiger partial charge in [-0.3, -0.25) is 4.79 Å². The molecule has 0 aliphatic rings. The molecule has 0 fully saturated rings. The average Bonchev–Trinajstić information content (AvgIpc) is 2.26. The average molecular weight is 222 g/mol. The van der Waals surface area contributed by atoms with E-state index in [2.05, 4.69) is 0 Å². The van der Waals surface area contributed by atoms with Crippen molar-refractivity contribution in [3.05, 3.63) is 35.9 Å². The van der Waals surface area contributed by atoms with Crippen LogP contribution in [0.1, 0.15) is 18.9 Å². The Morgan fingerprint density at radius 1 is 1.31 bits per heavy atom. The molecule has 0 saturated carbocycles. The van der Waals surface area contributed by atoms with E-state index in [1.54, 1.807) is 0 Å². The summed E-state index contributed by atoms with van der Waals surface area (Å²) in [5.74, 6) is -0.402. The lowest BCUT2D eigenvalue weighted by molar-refractivity contribution is -0.146. The van der Waals surface area contributed by atoms with Crippen molar-refractivity contribution in [3.8, 4) is 0 Å². The topological polar surface area (TPSA) is 78.3 Å². The molecule has 1 aromatic carbocycles. The minimum atomic E-state index is -0.635. The molecular weight excluding hydrogens is 204 g/mol. The summed E-state index contributed by atoms with van der Waals surface area (Å²) in [6.07, 6.45) is 0.438. The molecule has 0 spiro atoms. The molecule has 0 heterocycles. The molecule has 1 aromatic rings. The predicted octanol–water partition coefficient (Wildman–Crippen LogP) is 0.794. The molecule has 0 aliphatic heterocycles. The first-order valence-electron chi connectivity index (χ1n) is 5.31. The molecule has 4 N–H and O–H groups in total. The van der Waals surface area contributed by atoms with Crippen LogP contribution < -0.4 is 11.5 Å². The number of esters is 1. The van der Waals surface area contributed by atoms with E-state index in [1.807, 2.05) is 37.3 Å². The molecule has 4 heteroatoms. The van der Waals surface area contributed by atoms with E-state index in [4.69, 9.17) is 16.2 Å². The van der Waals surface area contributed by atoms with Crippen molar-refractivity contribution in [1.29, 1.82) is 0 Å². The molecule has 2 atom stereocenters. The summed E-state index contributed by atoms with van der Waals surface area (Å²) in [6.45, 7) is 2.07. The molecule has 0 saturated heterocycles. The number of carbonyl (C=O) groups is 1. The number of carbonyl (C=O) groups excluding carboxylic acids is 1. The highest BCUT2D eigenvalue weighted by atomic mass is 16.5. The summed E-state index contributed by atoms with van der Waals surface area (Å²) in [4.78, 5) is 11.4. The Morgan fingerprint density at radius 3 is 2.50 bits per heavy atom. The maximum absolute atomic E-state index is 11.4. The van der Waals surface area contributed by atoms with E-state index in [0.717, 1.165) is 5.56 Å². The zero-order chi connectivity index (χ0) is 12.0. The minimum Gasteiger partial charge on any atom is -0.460 e. The fourth-order valence-corrected chi connectivity index (χ4v) is 1.33. The van der Waals surface area contributed by atoms with E-state index in [9.17, 15) is 4.79 Å². The van der Waals surface area contributed by atoms with Gasteiger partial charge in [-0.1, -0.05) is 30.3 Å². The first-order chi connectivity index (χ1) is 7.59. The number of hydrogen-bond acceptors (Lipinski definition) is 4. The Morgan fingerprint density at radius 2 is 1.94 bits per heavy atom. The van der Waals surface area contributed by atoms with Gasteiger partial charge in [0, 0.05) is 6.04 Å². The highest BCUT2D eigenvalue weighted by Crippen LogP contribution is 2.03. The smallest absolute Gasteiger partial charge is 0.323 e. The van der Waals surface area contributed by atoms with Crippen LogP contribution in [0.3, 0.4) is 0 Å². The van der Waals surface area contributed by atoms with Crippen molar-refractivity contribution in [2.45, 2.75) is 32.0 Å². The highest BCUT2D eigenvalue weighted by Gasteiger charge is 2.16. The third-order valence-corrected chi connectivity index (χ3v) is 2.15. The van der Waals surface area contributed by atoms with Gasteiger partial charge in [-0.2, -0.15) is 0 Å². The summed E-state index contributed by atoms with van der Waals surface area (Å²) in [5, 5.41) is 0. The fraction of sp³-hybridized carbons (Fsp3) is 0.417. The van der Waals surface area contributed by atoms with Crippen molar-refractivity contribution in [2.24, 2.45) is 11.5 Å². The summed E-state index contributed by atoms with van der Waals surface area (Å²) >= 11 is 0. The Bertz CT molecular complexity index is 325. The standard InChI is InChI=1S/C12H18N2O2/c1-9(13)7-11(14)12(15)16-8-10-5-3-2-4-6-10/h2-6,9,11H,7-8,13-14H2,1H3/t9-,11+/m1/s1. The largest absolute Gasteiger partial charge is 0.460 e. The Kier molecular flexibility index (Phi) is 4.95. The maximum atomic E-state index is 11.4. The van der Waals surface area contributed by atoms with Gasteiger partial charge in [0.15, 0.2) is 0 Å². The van der Waals surface area contributed by atoms with E-state index < -0.39 is 12.0 Å². The number of nitrogens with two attached hydrogens (primary N) is 2. The van der Waals surface area contributed by atoms with Crippen LogP contribution >= 0.6 is 0 Å². The van der Waals surface area contributed by atoms with Gasteiger partial charge in [-0.25, -0.2) is 0 Å². The second kappa shape index (κ2) is 6.25. The van der Waals surface area contributed by atoms with Gasteiger partial charge in [0.2, 0.25) is 0 Å². The van der Waals surface area contributed by atoms with Crippen molar-refractivity contribution >= 4 is 5.97 Å². The quantitative estimate of drug-likeness (QED) is 0.722. The predicted molar refractivity (Wildman–Crippen MR) is 62.5 cm³/mol. The normalized spacial score (nSPS) is 14.2. The Labute approximate surface area is 95.6 Å². The van der Waals surface area contributed by atoms with Gasteiger partial charge in [0.1, 0.15) is 12.6 Å². The maximum Gasteiger partial charge on any atom is 0.323 e. The fourth-order valence-electron chi connectivity index (χ4n) is 1.33. The van der Waals surface area contributed by atoms with E-state index in [-0.39, 0.29) is 12.6 Å². The first-order valence-corrected chi connectivity index (χ1v) is 5.31. The van der Waals surface area contributed by atoms with Crippen LogP contribution in [0.25, 0.3) is 0 Å². The second-order valence-corrected chi connectivity index (χ2v) is 3.91. The van der Waals surface area contributed by atoms with E-state index in [1.165, 1.54) is 0 Å². The Balaban J connectivity index is 2.35. The summed E-state index contributed by atoms with van der Waals surface area (Å²) in [7, 11) is 0. The van der Waals surface area contributed by atoms with Crippen LogP contribution in [0.5, 0.6) is 0 Å². The molecule has 4 nitrogen and oxygen atoms in total. The molecule has 0 amide bonds. The van der Waals surface area contributed by atoms with Gasteiger partial charge in [0.25, 0.3) is 0 Å². The SMILES string of the molecule is C[C@@H](N)C[C@H](N)C(=O)OCc1ccccc1. The van der Waals surface area contributed by atoms with Gasteiger partial charge in [-0.15, -0.1) is 0 Å². The monoisotopic (exact) mass is 222 g/mol. The van der Waals surface area contributed by atoms with Crippen LogP contribution in [-0.2, 0) is 16.1 Å². The summed E-state index contributed by atoms with van der Waals surface area (Å²) in [6, 6.07) is 8.75. The highest BCUT2D eigenvalue weighted by molar-refractivity contribution is 5.75. The third kappa shape index (κ3) is 4.42. The Hall–Kier alpha value is -1.39.